The number of nitrogens with zero attached hydrogens (tertiary/aromatic N) is 3. The van der Waals surface area contributed by atoms with Gasteiger partial charge in [-0.05, 0) is 6.92 Å². The van der Waals surface area contributed by atoms with Crippen molar-refractivity contribution >= 4 is 18.0 Å². The third kappa shape index (κ3) is 0.879. The molecule has 12 heavy (non-hydrogen) atoms. The number of amides is 1. The molecule has 0 aromatic heterocycles. The standard InChI is InChI=1S/C8H9N3O/c1-5-3-7(12)10-8-6(5)4-9-11(8)2/h3-4,6H,1-2H3. The van der Waals surface area contributed by atoms with E-state index < -0.39 is 0 Å². The zero-order valence-corrected chi connectivity index (χ0v) is 6.98. The topological polar surface area (TPSA) is 45.0 Å². The van der Waals surface area contributed by atoms with Gasteiger partial charge in [-0.1, -0.05) is 5.57 Å². The van der Waals surface area contributed by atoms with Crippen LogP contribution in [0.3, 0.4) is 0 Å². The Morgan fingerprint density at radius 1 is 1.58 bits per heavy atom. The Morgan fingerprint density at radius 2 is 2.33 bits per heavy atom. The summed E-state index contributed by atoms with van der Waals surface area (Å²) in [5, 5.41) is 5.69. The maximum Gasteiger partial charge on any atom is 0.271 e. The van der Waals surface area contributed by atoms with Crippen LogP contribution in [0, 0.1) is 5.92 Å². The number of aliphatic imine (C=N–C) groups is 1. The lowest BCUT2D eigenvalue weighted by molar-refractivity contribution is -0.113. The molecule has 0 aliphatic carbocycles. The van der Waals surface area contributed by atoms with E-state index in [-0.39, 0.29) is 11.8 Å². The van der Waals surface area contributed by atoms with Gasteiger partial charge in [-0.15, -0.1) is 0 Å². The van der Waals surface area contributed by atoms with Crippen molar-refractivity contribution in [2.75, 3.05) is 7.05 Å². The van der Waals surface area contributed by atoms with Gasteiger partial charge in [0.05, 0.1) is 5.92 Å². The second kappa shape index (κ2) is 2.27. The number of dihydropyridines is 1. The van der Waals surface area contributed by atoms with E-state index >= 15 is 0 Å². The molecule has 62 valence electrons. The number of carbonyl (C=O) groups is 1. The van der Waals surface area contributed by atoms with Crippen LogP contribution in [0.15, 0.2) is 21.7 Å². The zero-order chi connectivity index (χ0) is 8.72. The molecule has 1 amide bonds. The highest BCUT2D eigenvalue weighted by molar-refractivity contribution is 6.12. The van der Waals surface area contributed by atoms with Crippen LogP contribution < -0.4 is 0 Å². The zero-order valence-electron chi connectivity index (χ0n) is 6.98. The number of hydrazone groups is 1. The van der Waals surface area contributed by atoms with Crippen LogP contribution in [0.25, 0.3) is 0 Å². The van der Waals surface area contributed by atoms with Gasteiger partial charge in [0.15, 0.2) is 0 Å². The molecule has 0 fully saturated rings. The predicted octanol–water partition coefficient (Wildman–Crippen LogP) is 0.419. The molecule has 2 rings (SSSR count). The lowest BCUT2D eigenvalue weighted by Crippen LogP contribution is -2.27. The highest BCUT2D eigenvalue weighted by Gasteiger charge is 2.28. The SMILES string of the molecule is CC1=CC(=O)N=C2C1C=NN2C. The van der Waals surface area contributed by atoms with Crippen molar-refractivity contribution in [2.45, 2.75) is 6.92 Å². The Labute approximate surface area is 70.3 Å². The fourth-order valence-corrected chi connectivity index (χ4v) is 1.39. The largest absolute Gasteiger partial charge is 0.271 e. The average molecular weight is 163 g/mol. The van der Waals surface area contributed by atoms with Crippen LogP contribution in [0.4, 0.5) is 0 Å². The van der Waals surface area contributed by atoms with Crippen molar-refractivity contribution in [3.63, 3.8) is 0 Å². The van der Waals surface area contributed by atoms with Crippen molar-refractivity contribution in [3.8, 4) is 0 Å². The fraction of sp³-hybridized carbons (Fsp3) is 0.375. The predicted molar refractivity (Wildman–Crippen MR) is 45.9 cm³/mol. The minimum atomic E-state index is -0.184. The van der Waals surface area contributed by atoms with E-state index in [1.165, 1.54) is 0 Å². The Balaban J connectivity index is 2.42. The van der Waals surface area contributed by atoms with E-state index in [1.807, 2.05) is 6.92 Å². The molecule has 1 atom stereocenters. The van der Waals surface area contributed by atoms with Crippen molar-refractivity contribution < 1.29 is 4.79 Å². The summed E-state index contributed by atoms with van der Waals surface area (Å²) >= 11 is 0. The van der Waals surface area contributed by atoms with Crippen molar-refractivity contribution in [3.05, 3.63) is 11.6 Å². The van der Waals surface area contributed by atoms with E-state index in [9.17, 15) is 4.79 Å². The molecule has 0 spiro atoms. The summed E-state index contributed by atoms with van der Waals surface area (Å²) in [6.45, 7) is 1.92. The van der Waals surface area contributed by atoms with Crippen LogP contribution in [-0.4, -0.2) is 30.0 Å². The molecular formula is C8H9N3O. The summed E-state index contributed by atoms with van der Waals surface area (Å²) in [5.74, 6) is 0.670. The fourth-order valence-electron chi connectivity index (χ4n) is 1.39. The van der Waals surface area contributed by atoms with Gasteiger partial charge in [0.2, 0.25) is 0 Å². The number of rotatable bonds is 0. The Hall–Kier alpha value is -1.45. The lowest BCUT2D eigenvalue weighted by Gasteiger charge is -2.16. The van der Waals surface area contributed by atoms with Gasteiger partial charge in [-0.25, -0.2) is 0 Å². The van der Waals surface area contributed by atoms with Gasteiger partial charge in [0.1, 0.15) is 5.84 Å². The monoisotopic (exact) mass is 163 g/mol. The van der Waals surface area contributed by atoms with Gasteiger partial charge < -0.3 is 0 Å². The van der Waals surface area contributed by atoms with Crippen LogP contribution >= 0.6 is 0 Å². The minimum Gasteiger partial charge on any atom is -0.267 e. The van der Waals surface area contributed by atoms with Gasteiger partial charge in [0.25, 0.3) is 5.91 Å². The first-order valence-electron chi connectivity index (χ1n) is 3.77. The molecule has 0 aromatic carbocycles. The molecule has 0 N–H and O–H groups in total. The second-order valence-electron chi connectivity index (χ2n) is 2.96. The molecule has 2 heterocycles. The Kier molecular flexibility index (Phi) is 1.36. The molecule has 0 radical (unpaired) electrons. The third-order valence-corrected chi connectivity index (χ3v) is 2.07. The van der Waals surface area contributed by atoms with Crippen LogP contribution in [0.2, 0.25) is 0 Å². The normalized spacial score (nSPS) is 27.0. The number of hydrogen-bond donors (Lipinski definition) is 0. The molecular weight excluding hydrogens is 154 g/mol. The molecule has 2 aliphatic heterocycles. The molecule has 2 aliphatic rings. The lowest BCUT2D eigenvalue weighted by atomic mass is 9.98. The summed E-state index contributed by atoms with van der Waals surface area (Å²) in [7, 11) is 1.79. The van der Waals surface area contributed by atoms with Crippen LogP contribution in [0.5, 0.6) is 0 Å². The third-order valence-electron chi connectivity index (χ3n) is 2.07. The number of hydrogen-bond acceptors (Lipinski definition) is 3. The Morgan fingerprint density at radius 3 is 3.08 bits per heavy atom. The van der Waals surface area contributed by atoms with Gasteiger partial charge in [0, 0.05) is 19.3 Å². The van der Waals surface area contributed by atoms with E-state index in [4.69, 9.17) is 0 Å². The summed E-state index contributed by atoms with van der Waals surface area (Å²) in [6.07, 6.45) is 3.36. The number of carbonyl (C=O) groups excluding carboxylic acids is 1. The van der Waals surface area contributed by atoms with E-state index in [2.05, 4.69) is 10.1 Å². The first kappa shape index (κ1) is 7.21. The maximum absolute atomic E-state index is 11.0. The number of fused-ring (bicyclic) bond motifs is 1. The van der Waals surface area contributed by atoms with Gasteiger partial charge >= 0.3 is 0 Å². The van der Waals surface area contributed by atoms with E-state index in [1.54, 1.807) is 24.3 Å². The Bertz CT molecular complexity index is 327. The summed E-state index contributed by atoms with van der Waals surface area (Å²) < 4.78 is 0. The molecule has 0 saturated carbocycles. The number of amidine groups is 1. The van der Waals surface area contributed by atoms with E-state index in [0.717, 1.165) is 11.4 Å². The molecule has 1 unspecified atom stereocenters. The summed E-state index contributed by atoms with van der Waals surface area (Å²) in [4.78, 5) is 14.9. The van der Waals surface area contributed by atoms with Crippen molar-refractivity contribution in [1.29, 1.82) is 0 Å². The van der Waals surface area contributed by atoms with Crippen molar-refractivity contribution in [2.24, 2.45) is 16.0 Å². The van der Waals surface area contributed by atoms with Crippen molar-refractivity contribution in [1.82, 2.24) is 5.01 Å². The van der Waals surface area contributed by atoms with Crippen LogP contribution in [0.1, 0.15) is 6.92 Å². The highest BCUT2D eigenvalue weighted by atomic mass is 16.1. The maximum atomic E-state index is 11.0. The molecule has 4 nitrogen and oxygen atoms in total. The quantitative estimate of drug-likeness (QED) is 0.519. The second-order valence-corrected chi connectivity index (χ2v) is 2.96. The summed E-state index contributed by atoms with van der Waals surface area (Å²) in [5.41, 5.74) is 1.01. The van der Waals surface area contributed by atoms with Gasteiger partial charge in [-0.2, -0.15) is 10.1 Å². The summed E-state index contributed by atoms with van der Waals surface area (Å²) in [6, 6.07) is 0. The molecule has 0 saturated heterocycles. The first-order chi connectivity index (χ1) is 5.68. The average Bonchev–Trinajstić information content (AvgIpc) is 2.33. The molecule has 0 bridgehead atoms. The molecule has 0 aromatic rings. The van der Waals surface area contributed by atoms with E-state index in [0.29, 0.717) is 0 Å². The smallest absolute Gasteiger partial charge is 0.267 e. The van der Waals surface area contributed by atoms with Crippen LogP contribution in [-0.2, 0) is 4.79 Å². The van der Waals surface area contributed by atoms with Gasteiger partial charge in [-0.3, -0.25) is 9.80 Å². The highest BCUT2D eigenvalue weighted by Crippen LogP contribution is 2.21. The minimum absolute atomic E-state index is 0.118. The molecule has 4 heteroatoms. The first-order valence-corrected chi connectivity index (χ1v) is 3.77.